The molecule has 0 unspecified atom stereocenters. The Hall–Kier alpha value is -1.89. The average Bonchev–Trinajstić information content (AvgIpc) is 3.11. The van der Waals surface area contributed by atoms with E-state index in [-0.39, 0.29) is 18.3 Å². The molecule has 0 saturated carbocycles. The number of carbonyl (C=O) groups excluding carboxylic acids is 1. The lowest BCUT2D eigenvalue weighted by molar-refractivity contribution is 0.0943. The summed E-state index contributed by atoms with van der Waals surface area (Å²) < 4.78 is 5.78. The molecule has 2 aromatic heterocycles. The lowest BCUT2D eigenvalue weighted by atomic mass is 10.1. The molecule has 7 heteroatoms. The van der Waals surface area contributed by atoms with Crippen LogP contribution in [0.15, 0.2) is 34.1 Å². The number of carbonyl (C=O) groups is 1. The molecule has 23 heavy (non-hydrogen) atoms. The number of thiazole rings is 1. The van der Waals surface area contributed by atoms with Gasteiger partial charge in [-0.25, -0.2) is 4.98 Å². The second-order valence-corrected chi connectivity index (χ2v) is 5.94. The van der Waals surface area contributed by atoms with E-state index in [0.717, 1.165) is 27.3 Å². The number of hydrogen-bond acceptors (Lipinski definition) is 5. The SMILES string of the molecule is Cc1c(CNC(=O)c2csc(CCN)n2)oc2ccccc12.Cl. The maximum atomic E-state index is 12.1. The molecule has 0 spiro atoms. The first kappa shape index (κ1) is 17.5. The van der Waals surface area contributed by atoms with Crippen molar-refractivity contribution in [2.45, 2.75) is 19.9 Å². The lowest BCUT2D eigenvalue weighted by Crippen LogP contribution is -2.23. The Morgan fingerprint density at radius 2 is 2.17 bits per heavy atom. The second-order valence-electron chi connectivity index (χ2n) is 4.99. The van der Waals surface area contributed by atoms with E-state index < -0.39 is 0 Å². The number of furan rings is 1. The lowest BCUT2D eigenvalue weighted by Gasteiger charge is -2.01. The van der Waals surface area contributed by atoms with Crippen molar-refractivity contribution in [2.75, 3.05) is 6.54 Å². The minimum Gasteiger partial charge on any atom is -0.459 e. The fraction of sp³-hybridized carbons (Fsp3) is 0.250. The third-order valence-corrected chi connectivity index (χ3v) is 4.40. The molecular formula is C16H18ClN3O2S. The van der Waals surface area contributed by atoms with E-state index in [9.17, 15) is 4.79 Å². The third kappa shape index (κ3) is 3.72. The standard InChI is InChI=1S/C16H17N3O2S.ClH/c1-10-11-4-2-3-5-13(11)21-14(10)8-18-16(20)12-9-22-15(19-12)6-7-17;/h2-5,9H,6-8,17H2,1H3,(H,18,20);1H. The Kier molecular flexibility index (Phi) is 5.76. The van der Waals surface area contributed by atoms with Crippen LogP contribution in [0.1, 0.15) is 26.8 Å². The van der Waals surface area contributed by atoms with Crippen molar-refractivity contribution >= 4 is 40.6 Å². The largest absolute Gasteiger partial charge is 0.459 e. The normalized spacial score (nSPS) is 10.5. The molecule has 3 rings (SSSR count). The molecule has 0 aliphatic carbocycles. The van der Waals surface area contributed by atoms with Crippen LogP contribution in [0.25, 0.3) is 11.0 Å². The van der Waals surface area contributed by atoms with Gasteiger partial charge in [-0.05, 0) is 19.5 Å². The fourth-order valence-electron chi connectivity index (χ4n) is 2.30. The summed E-state index contributed by atoms with van der Waals surface area (Å²) in [6, 6.07) is 7.84. The van der Waals surface area contributed by atoms with E-state index in [0.29, 0.717) is 25.2 Å². The van der Waals surface area contributed by atoms with Gasteiger partial charge in [0.2, 0.25) is 0 Å². The van der Waals surface area contributed by atoms with Gasteiger partial charge in [-0.15, -0.1) is 23.7 Å². The van der Waals surface area contributed by atoms with Gasteiger partial charge in [-0.3, -0.25) is 4.79 Å². The van der Waals surface area contributed by atoms with Crippen molar-refractivity contribution in [3.63, 3.8) is 0 Å². The Morgan fingerprint density at radius 3 is 2.91 bits per heavy atom. The highest BCUT2D eigenvalue weighted by Crippen LogP contribution is 2.24. The highest BCUT2D eigenvalue weighted by molar-refractivity contribution is 7.09. The maximum Gasteiger partial charge on any atom is 0.271 e. The van der Waals surface area contributed by atoms with Crippen molar-refractivity contribution in [3.8, 4) is 0 Å². The number of aromatic nitrogens is 1. The van der Waals surface area contributed by atoms with Gasteiger partial charge in [0.15, 0.2) is 0 Å². The first-order valence-electron chi connectivity index (χ1n) is 7.08. The molecule has 2 heterocycles. The molecular weight excluding hydrogens is 334 g/mol. The van der Waals surface area contributed by atoms with E-state index in [1.54, 1.807) is 5.38 Å². The van der Waals surface area contributed by atoms with Gasteiger partial charge in [0, 0.05) is 22.8 Å². The molecule has 0 aliphatic heterocycles. The van der Waals surface area contributed by atoms with E-state index in [1.807, 2.05) is 31.2 Å². The molecule has 0 radical (unpaired) electrons. The average molecular weight is 352 g/mol. The van der Waals surface area contributed by atoms with Crippen molar-refractivity contribution in [3.05, 3.63) is 51.7 Å². The highest BCUT2D eigenvalue weighted by atomic mass is 35.5. The van der Waals surface area contributed by atoms with Gasteiger partial charge in [-0.1, -0.05) is 18.2 Å². The van der Waals surface area contributed by atoms with Crippen LogP contribution in [0.4, 0.5) is 0 Å². The van der Waals surface area contributed by atoms with Crippen molar-refractivity contribution in [2.24, 2.45) is 5.73 Å². The smallest absolute Gasteiger partial charge is 0.271 e. The predicted molar refractivity (Wildman–Crippen MR) is 94.2 cm³/mol. The summed E-state index contributed by atoms with van der Waals surface area (Å²) in [6.07, 6.45) is 0.695. The number of benzene rings is 1. The Labute approximate surface area is 144 Å². The molecule has 0 bridgehead atoms. The molecule has 1 aromatic carbocycles. The van der Waals surface area contributed by atoms with Gasteiger partial charge < -0.3 is 15.5 Å². The molecule has 0 aliphatic rings. The van der Waals surface area contributed by atoms with E-state index in [2.05, 4.69) is 10.3 Å². The van der Waals surface area contributed by atoms with Crippen LogP contribution in [0.5, 0.6) is 0 Å². The zero-order chi connectivity index (χ0) is 15.5. The first-order chi connectivity index (χ1) is 10.7. The van der Waals surface area contributed by atoms with E-state index in [1.165, 1.54) is 11.3 Å². The summed E-state index contributed by atoms with van der Waals surface area (Å²) in [5, 5.41) is 6.57. The van der Waals surface area contributed by atoms with E-state index in [4.69, 9.17) is 10.2 Å². The van der Waals surface area contributed by atoms with Crippen molar-refractivity contribution < 1.29 is 9.21 Å². The number of rotatable bonds is 5. The summed E-state index contributed by atoms with van der Waals surface area (Å²) in [6.45, 7) is 2.88. The molecule has 122 valence electrons. The van der Waals surface area contributed by atoms with Crippen LogP contribution in [0.2, 0.25) is 0 Å². The summed E-state index contributed by atoms with van der Waals surface area (Å²) in [7, 11) is 0. The van der Waals surface area contributed by atoms with Crippen LogP contribution in [0.3, 0.4) is 0 Å². The number of nitrogens with two attached hydrogens (primary N) is 1. The quantitative estimate of drug-likeness (QED) is 0.740. The van der Waals surface area contributed by atoms with Crippen LogP contribution < -0.4 is 11.1 Å². The summed E-state index contributed by atoms with van der Waals surface area (Å²) in [5.74, 6) is 0.575. The molecule has 3 N–H and O–H groups in total. The van der Waals surface area contributed by atoms with Crippen LogP contribution in [-0.2, 0) is 13.0 Å². The maximum absolute atomic E-state index is 12.1. The summed E-state index contributed by atoms with van der Waals surface area (Å²) >= 11 is 1.46. The molecule has 5 nitrogen and oxygen atoms in total. The molecule has 1 amide bonds. The zero-order valence-corrected chi connectivity index (χ0v) is 14.3. The van der Waals surface area contributed by atoms with Crippen LogP contribution in [-0.4, -0.2) is 17.4 Å². The van der Waals surface area contributed by atoms with Gasteiger partial charge in [0.25, 0.3) is 5.91 Å². The molecule has 0 saturated heterocycles. The highest BCUT2D eigenvalue weighted by Gasteiger charge is 2.14. The van der Waals surface area contributed by atoms with Gasteiger partial charge in [0.05, 0.1) is 11.6 Å². The minimum atomic E-state index is -0.195. The van der Waals surface area contributed by atoms with Gasteiger partial charge in [-0.2, -0.15) is 0 Å². The van der Waals surface area contributed by atoms with Gasteiger partial charge in [0.1, 0.15) is 17.0 Å². The number of para-hydroxylation sites is 1. The summed E-state index contributed by atoms with van der Waals surface area (Å²) in [5.41, 5.74) is 7.81. The monoisotopic (exact) mass is 351 g/mol. The molecule has 0 atom stereocenters. The summed E-state index contributed by atoms with van der Waals surface area (Å²) in [4.78, 5) is 16.4. The predicted octanol–water partition coefficient (Wildman–Crippen LogP) is 3.05. The van der Waals surface area contributed by atoms with Crippen molar-refractivity contribution in [1.82, 2.24) is 10.3 Å². The second kappa shape index (κ2) is 7.59. The molecule has 3 aromatic rings. The zero-order valence-electron chi connectivity index (χ0n) is 12.7. The number of hydrogen-bond donors (Lipinski definition) is 2. The number of fused-ring (bicyclic) bond motifs is 1. The van der Waals surface area contributed by atoms with Gasteiger partial charge >= 0.3 is 0 Å². The third-order valence-electron chi connectivity index (χ3n) is 3.49. The number of nitrogens with zero attached hydrogens (tertiary/aromatic N) is 1. The Bertz CT molecular complexity index is 813. The minimum absolute atomic E-state index is 0. The first-order valence-corrected chi connectivity index (χ1v) is 7.96. The number of aryl methyl sites for hydroxylation is 1. The van der Waals surface area contributed by atoms with Crippen molar-refractivity contribution in [1.29, 1.82) is 0 Å². The van der Waals surface area contributed by atoms with E-state index >= 15 is 0 Å². The topological polar surface area (TPSA) is 81.2 Å². The Morgan fingerprint density at radius 1 is 1.39 bits per heavy atom. The number of halogens is 1. The molecule has 0 fully saturated rings. The number of nitrogens with one attached hydrogen (secondary N) is 1. The number of amides is 1. The fourth-order valence-corrected chi connectivity index (χ4v) is 3.09. The van der Waals surface area contributed by atoms with Crippen LogP contribution >= 0.6 is 23.7 Å². The Balaban J connectivity index is 0.00000192. The van der Waals surface area contributed by atoms with Crippen LogP contribution in [0, 0.1) is 6.92 Å².